The number of hydrogen-bond acceptors (Lipinski definition) is 6. The second-order valence-corrected chi connectivity index (χ2v) is 9.35. The number of aromatic amines is 1. The minimum Gasteiger partial charge on any atom is -0.497 e. The summed E-state index contributed by atoms with van der Waals surface area (Å²) in [5.41, 5.74) is 5.93. The Morgan fingerprint density at radius 1 is 1.02 bits per heavy atom. The van der Waals surface area contributed by atoms with Gasteiger partial charge in [0.2, 0.25) is 0 Å². The Bertz CT molecular complexity index is 1950. The molecule has 0 unspecified atom stereocenters. The maximum Gasteiger partial charge on any atom is 0.335 e. The standard InChI is InChI=1S/C30H25N5O5/c1-39-23-7-6-20(26(13-23)40-2)15-34-17-22(11-18-4-3-5-19(10-18)30(37)38)35-16-21(12-25(35)29(34)36)24-14-33-28-27(24)31-8-9-32-28/h3-10,12-14,16-17H,11,15H2,1-2H3,(H,32,33)(H,37,38). The summed E-state index contributed by atoms with van der Waals surface area (Å²) in [6.07, 6.45) is 9.20. The zero-order valence-corrected chi connectivity index (χ0v) is 21.8. The zero-order chi connectivity index (χ0) is 27.8. The number of aromatic nitrogens is 5. The second kappa shape index (κ2) is 10.1. The van der Waals surface area contributed by atoms with Crippen LogP contribution in [-0.4, -0.2) is 49.2 Å². The van der Waals surface area contributed by atoms with E-state index in [4.69, 9.17) is 9.47 Å². The highest BCUT2D eigenvalue weighted by Gasteiger charge is 2.17. The molecule has 0 atom stereocenters. The molecule has 6 aromatic rings. The van der Waals surface area contributed by atoms with Gasteiger partial charge in [0.25, 0.3) is 5.56 Å². The average molecular weight is 536 g/mol. The molecule has 0 fully saturated rings. The van der Waals surface area contributed by atoms with Gasteiger partial charge < -0.3 is 28.5 Å². The van der Waals surface area contributed by atoms with E-state index in [0.717, 1.165) is 27.9 Å². The molecule has 0 saturated carbocycles. The predicted molar refractivity (Wildman–Crippen MR) is 149 cm³/mol. The topological polar surface area (TPSA) is 124 Å². The molecule has 2 N–H and O–H groups in total. The number of methoxy groups -OCH3 is 2. The molecule has 200 valence electrons. The van der Waals surface area contributed by atoms with Crippen LogP contribution in [0.2, 0.25) is 0 Å². The third-order valence-electron chi connectivity index (χ3n) is 6.93. The molecule has 10 heteroatoms. The number of nitrogens with zero attached hydrogens (tertiary/aromatic N) is 4. The molecule has 0 amide bonds. The first-order chi connectivity index (χ1) is 19.4. The number of hydrogen-bond donors (Lipinski definition) is 2. The van der Waals surface area contributed by atoms with Crippen LogP contribution in [0.4, 0.5) is 0 Å². The quantitative estimate of drug-likeness (QED) is 0.296. The third kappa shape index (κ3) is 4.45. The molecule has 10 nitrogen and oxygen atoms in total. The van der Waals surface area contributed by atoms with Gasteiger partial charge >= 0.3 is 5.97 Å². The third-order valence-corrected chi connectivity index (χ3v) is 6.93. The van der Waals surface area contributed by atoms with Gasteiger partial charge in [-0.3, -0.25) is 9.78 Å². The summed E-state index contributed by atoms with van der Waals surface area (Å²) >= 11 is 0. The lowest BCUT2D eigenvalue weighted by molar-refractivity contribution is 0.0696. The summed E-state index contributed by atoms with van der Waals surface area (Å²) < 4.78 is 14.4. The lowest BCUT2D eigenvalue weighted by Gasteiger charge is -2.15. The van der Waals surface area contributed by atoms with E-state index < -0.39 is 5.97 Å². The van der Waals surface area contributed by atoms with E-state index in [0.29, 0.717) is 34.6 Å². The number of fused-ring (bicyclic) bond motifs is 2. The van der Waals surface area contributed by atoms with Crippen molar-refractivity contribution in [3.05, 3.63) is 112 Å². The van der Waals surface area contributed by atoms with Crippen LogP contribution in [0.3, 0.4) is 0 Å². The summed E-state index contributed by atoms with van der Waals surface area (Å²) in [5.74, 6) is 0.267. The highest BCUT2D eigenvalue weighted by Crippen LogP contribution is 2.29. The molecule has 4 aromatic heterocycles. The van der Waals surface area contributed by atoms with Crippen molar-refractivity contribution in [2.45, 2.75) is 13.0 Å². The Kier molecular flexibility index (Phi) is 6.27. The molecular formula is C30H25N5O5. The Hall–Kier alpha value is -5.38. The van der Waals surface area contributed by atoms with Gasteiger partial charge in [-0.15, -0.1) is 0 Å². The van der Waals surface area contributed by atoms with Gasteiger partial charge in [-0.05, 0) is 35.9 Å². The molecule has 6 rings (SSSR count). The fourth-order valence-corrected chi connectivity index (χ4v) is 4.97. The van der Waals surface area contributed by atoms with Gasteiger partial charge in [-0.25, -0.2) is 9.78 Å². The SMILES string of the molecule is COc1ccc(Cn2cc(Cc3cccc(C(=O)O)c3)n3cc(-c4c[nH]c5nccnc45)cc3c2=O)c(OC)c1. The summed E-state index contributed by atoms with van der Waals surface area (Å²) in [6, 6.07) is 14.1. The van der Waals surface area contributed by atoms with E-state index in [9.17, 15) is 14.7 Å². The highest BCUT2D eigenvalue weighted by molar-refractivity contribution is 5.91. The van der Waals surface area contributed by atoms with E-state index >= 15 is 0 Å². The van der Waals surface area contributed by atoms with Crippen LogP contribution in [0.15, 0.2) is 84.3 Å². The van der Waals surface area contributed by atoms with Crippen LogP contribution < -0.4 is 15.0 Å². The van der Waals surface area contributed by atoms with Crippen LogP contribution >= 0.6 is 0 Å². The van der Waals surface area contributed by atoms with Crippen molar-refractivity contribution in [3.8, 4) is 22.6 Å². The van der Waals surface area contributed by atoms with Crippen LogP contribution in [0.25, 0.3) is 27.8 Å². The molecule has 0 aliphatic rings. The summed E-state index contributed by atoms with van der Waals surface area (Å²) in [5, 5.41) is 9.49. The number of rotatable bonds is 8. The molecule has 2 aromatic carbocycles. The molecule has 0 aliphatic carbocycles. The smallest absolute Gasteiger partial charge is 0.335 e. The Morgan fingerprint density at radius 2 is 1.88 bits per heavy atom. The van der Waals surface area contributed by atoms with Crippen LogP contribution in [0.1, 0.15) is 27.2 Å². The lowest BCUT2D eigenvalue weighted by atomic mass is 10.1. The number of aromatic carboxylic acids is 1. The van der Waals surface area contributed by atoms with Gasteiger partial charge in [0.1, 0.15) is 22.5 Å². The molecule has 4 heterocycles. The summed E-state index contributed by atoms with van der Waals surface area (Å²) in [4.78, 5) is 37.3. The van der Waals surface area contributed by atoms with Crippen molar-refractivity contribution in [1.82, 2.24) is 23.9 Å². The Morgan fingerprint density at radius 3 is 2.67 bits per heavy atom. The fourth-order valence-electron chi connectivity index (χ4n) is 4.97. The van der Waals surface area contributed by atoms with E-state index in [1.165, 1.54) is 0 Å². The summed E-state index contributed by atoms with van der Waals surface area (Å²) in [6.45, 7) is 0.268. The minimum absolute atomic E-state index is 0.182. The highest BCUT2D eigenvalue weighted by atomic mass is 16.5. The van der Waals surface area contributed by atoms with Crippen molar-refractivity contribution in [2.24, 2.45) is 0 Å². The number of H-pyrrole nitrogens is 1. The van der Waals surface area contributed by atoms with Crippen LogP contribution in [-0.2, 0) is 13.0 Å². The normalized spacial score (nSPS) is 11.2. The molecule has 0 saturated heterocycles. The van der Waals surface area contributed by atoms with E-state index in [1.54, 1.807) is 55.4 Å². The van der Waals surface area contributed by atoms with Crippen molar-refractivity contribution >= 4 is 22.6 Å². The molecular weight excluding hydrogens is 510 g/mol. The Balaban J connectivity index is 1.51. The van der Waals surface area contributed by atoms with Gasteiger partial charge in [-0.2, -0.15) is 0 Å². The number of carboxylic acids is 1. The first kappa shape index (κ1) is 24.9. The monoisotopic (exact) mass is 535 g/mol. The number of carboxylic acid groups (broad SMARTS) is 1. The van der Waals surface area contributed by atoms with Gasteiger partial charge in [-0.1, -0.05) is 12.1 Å². The molecule has 0 radical (unpaired) electrons. The van der Waals surface area contributed by atoms with Crippen molar-refractivity contribution in [1.29, 1.82) is 0 Å². The van der Waals surface area contributed by atoms with E-state index in [2.05, 4.69) is 15.0 Å². The molecule has 0 aliphatic heterocycles. The van der Waals surface area contributed by atoms with E-state index in [1.807, 2.05) is 47.3 Å². The number of nitrogens with one attached hydrogen (secondary N) is 1. The number of carbonyl (C=O) groups is 1. The number of benzene rings is 2. The van der Waals surface area contributed by atoms with Gasteiger partial charge in [0.15, 0.2) is 5.65 Å². The first-order valence-corrected chi connectivity index (χ1v) is 12.5. The average Bonchev–Trinajstić information content (AvgIpc) is 3.61. The van der Waals surface area contributed by atoms with Crippen molar-refractivity contribution < 1.29 is 19.4 Å². The molecule has 0 bridgehead atoms. The van der Waals surface area contributed by atoms with Crippen LogP contribution in [0, 0.1) is 0 Å². The van der Waals surface area contributed by atoms with Crippen molar-refractivity contribution in [3.63, 3.8) is 0 Å². The fraction of sp³-hybridized carbons (Fsp3) is 0.133. The lowest BCUT2D eigenvalue weighted by Crippen LogP contribution is -2.24. The van der Waals surface area contributed by atoms with E-state index in [-0.39, 0.29) is 17.7 Å². The zero-order valence-electron chi connectivity index (χ0n) is 21.8. The predicted octanol–water partition coefficient (Wildman–Crippen LogP) is 4.39. The van der Waals surface area contributed by atoms with Crippen molar-refractivity contribution in [2.75, 3.05) is 14.2 Å². The van der Waals surface area contributed by atoms with Crippen LogP contribution in [0.5, 0.6) is 11.5 Å². The maximum atomic E-state index is 13.8. The Labute approximate surface area is 228 Å². The minimum atomic E-state index is -0.993. The number of ether oxygens (including phenoxy) is 2. The van der Waals surface area contributed by atoms with Gasteiger partial charge in [0.05, 0.1) is 26.3 Å². The maximum absolute atomic E-state index is 13.8. The summed E-state index contributed by atoms with van der Waals surface area (Å²) in [7, 11) is 3.16. The molecule has 0 spiro atoms. The molecule has 40 heavy (non-hydrogen) atoms. The first-order valence-electron chi connectivity index (χ1n) is 12.5. The second-order valence-electron chi connectivity index (χ2n) is 9.35. The largest absolute Gasteiger partial charge is 0.497 e. The van der Waals surface area contributed by atoms with Gasteiger partial charge in [0, 0.05) is 65.9 Å².